The lowest BCUT2D eigenvalue weighted by Crippen LogP contribution is -2.02. The van der Waals surface area contributed by atoms with Crippen LogP contribution in [-0.2, 0) is 6.61 Å². The second-order valence-corrected chi connectivity index (χ2v) is 4.31. The minimum absolute atomic E-state index is 0.103. The number of halogens is 2. The lowest BCUT2D eigenvalue weighted by atomic mass is 10.1. The number of ether oxygens (including phenoxy) is 1. The van der Waals surface area contributed by atoms with E-state index in [9.17, 15) is 13.6 Å². The second kappa shape index (κ2) is 5.69. The molecule has 0 saturated carbocycles. The number of hydrogen-bond donors (Lipinski definition) is 1. The molecule has 2 rings (SSSR count). The van der Waals surface area contributed by atoms with Crippen LogP contribution in [0.25, 0.3) is 0 Å². The zero-order chi connectivity index (χ0) is 14.7. The average Bonchev–Trinajstić information content (AvgIpc) is 2.41. The van der Waals surface area contributed by atoms with Crippen molar-refractivity contribution in [3.8, 4) is 5.75 Å². The van der Waals surface area contributed by atoms with Gasteiger partial charge in [-0.2, -0.15) is 0 Å². The van der Waals surface area contributed by atoms with Gasteiger partial charge in [0.15, 0.2) is 0 Å². The summed E-state index contributed by atoms with van der Waals surface area (Å²) < 4.78 is 32.2. The number of aryl methyl sites for hydroxylation is 1. The fourth-order valence-corrected chi connectivity index (χ4v) is 1.62. The van der Waals surface area contributed by atoms with Crippen molar-refractivity contribution in [1.82, 2.24) is 0 Å². The van der Waals surface area contributed by atoms with Crippen LogP contribution in [0.3, 0.4) is 0 Å². The number of hydrogen-bond acceptors (Lipinski definition) is 2. The molecule has 0 aliphatic heterocycles. The Balaban J connectivity index is 2.10. The van der Waals surface area contributed by atoms with Crippen molar-refractivity contribution in [2.45, 2.75) is 13.5 Å². The number of aromatic carboxylic acids is 1. The summed E-state index contributed by atoms with van der Waals surface area (Å²) in [6.45, 7) is 1.53. The van der Waals surface area contributed by atoms with Crippen LogP contribution in [0.4, 0.5) is 8.78 Å². The van der Waals surface area contributed by atoms with Gasteiger partial charge in [-0.3, -0.25) is 0 Å². The Morgan fingerprint density at radius 2 is 1.90 bits per heavy atom. The van der Waals surface area contributed by atoms with E-state index in [-0.39, 0.29) is 23.5 Å². The van der Waals surface area contributed by atoms with Crippen molar-refractivity contribution in [2.75, 3.05) is 0 Å². The second-order valence-electron chi connectivity index (χ2n) is 4.31. The highest BCUT2D eigenvalue weighted by Crippen LogP contribution is 2.18. The van der Waals surface area contributed by atoms with E-state index in [0.717, 1.165) is 6.07 Å². The molecule has 2 aromatic rings. The van der Waals surface area contributed by atoms with E-state index < -0.39 is 17.6 Å². The third kappa shape index (κ3) is 3.12. The molecule has 104 valence electrons. The molecule has 0 saturated heterocycles. The van der Waals surface area contributed by atoms with E-state index in [4.69, 9.17) is 9.84 Å². The lowest BCUT2D eigenvalue weighted by molar-refractivity contribution is 0.0696. The van der Waals surface area contributed by atoms with E-state index >= 15 is 0 Å². The summed E-state index contributed by atoms with van der Waals surface area (Å²) in [5.41, 5.74) is 0.568. The van der Waals surface area contributed by atoms with Crippen LogP contribution in [0, 0.1) is 18.6 Å². The zero-order valence-corrected chi connectivity index (χ0v) is 10.7. The van der Waals surface area contributed by atoms with Gasteiger partial charge in [-0.05, 0) is 30.7 Å². The molecule has 2 aromatic carbocycles. The summed E-state index contributed by atoms with van der Waals surface area (Å²) >= 11 is 0. The highest BCUT2D eigenvalue weighted by Gasteiger charge is 2.09. The van der Waals surface area contributed by atoms with E-state index in [0.29, 0.717) is 5.56 Å². The smallest absolute Gasteiger partial charge is 0.335 e. The van der Waals surface area contributed by atoms with Gasteiger partial charge in [0.25, 0.3) is 0 Å². The molecule has 3 nitrogen and oxygen atoms in total. The van der Waals surface area contributed by atoms with Gasteiger partial charge in [0.05, 0.1) is 5.56 Å². The Bertz CT molecular complexity index is 654. The molecule has 0 bridgehead atoms. The number of carbonyl (C=O) groups is 1. The summed E-state index contributed by atoms with van der Waals surface area (Å²) in [6, 6.07) is 7.93. The average molecular weight is 278 g/mol. The first-order chi connectivity index (χ1) is 9.47. The first kappa shape index (κ1) is 14.0. The highest BCUT2D eigenvalue weighted by molar-refractivity contribution is 5.87. The number of rotatable bonds is 4. The van der Waals surface area contributed by atoms with Gasteiger partial charge >= 0.3 is 5.97 Å². The number of benzene rings is 2. The SMILES string of the molecule is Cc1ccc(OCc2ccc(C(=O)O)cc2F)cc1F. The van der Waals surface area contributed by atoms with Crippen molar-refractivity contribution >= 4 is 5.97 Å². The molecule has 0 radical (unpaired) electrons. The highest BCUT2D eigenvalue weighted by atomic mass is 19.1. The summed E-state index contributed by atoms with van der Waals surface area (Å²) in [5, 5.41) is 8.72. The maximum absolute atomic E-state index is 13.6. The monoisotopic (exact) mass is 278 g/mol. The third-order valence-corrected chi connectivity index (χ3v) is 2.84. The minimum Gasteiger partial charge on any atom is -0.489 e. The van der Waals surface area contributed by atoms with E-state index in [1.165, 1.54) is 18.2 Å². The molecule has 0 aromatic heterocycles. The molecule has 0 aliphatic carbocycles. The largest absolute Gasteiger partial charge is 0.489 e. The van der Waals surface area contributed by atoms with Crippen LogP contribution in [-0.4, -0.2) is 11.1 Å². The summed E-state index contributed by atoms with van der Waals surface area (Å²) in [5.74, 6) is -1.98. The van der Waals surface area contributed by atoms with Gasteiger partial charge in [-0.25, -0.2) is 13.6 Å². The molecule has 0 aliphatic rings. The Morgan fingerprint density at radius 1 is 1.15 bits per heavy atom. The molecule has 20 heavy (non-hydrogen) atoms. The topological polar surface area (TPSA) is 46.5 Å². The Labute approximate surface area is 114 Å². The van der Waals surface area contributed by atoms with Gasteiger partial charge in [-0.15, -0.1) is 0 Å². The lowest BCUT2D eigenvalue weighted by Gasteiger charge is -2.08. The fourth-order valence-electron chi connectivity index (χ4n) is 1.62. The molecular weight excluding hydrogens is 266 g/mol. The first-order valence-corrected chi connectivity index (χ1v) is 5.88. The van der Waals surface area contributed by atoms with Crippen LogP contribution in [0.5, 0.6) is 5.75 Å². The Morgan fingerprint density at radius 3 is 2.50 bits per heavy atom. The minimum atomic E-state index is -1.20. The predicted octanol–water partition coefficient (Wildman–Crippen LogP) is 3.55. The molecule has 1 N–H and O–H groups in total. The molecule has 0 amide bonds. The van der Waals surface area contributed by atoms with Crippen LogP contribution >= 0.6 is 0 Å². The third-order valence-electron chi connectivity index (χ3n) is 2.84. The summed E-state index contributed by atoms with van der Waals surface area (Å²) in [4.78, 5) is 10.7. The number of carboxylic acids is 1. The maximum atomic E-state index is 13.6. The molecule has 0 heterocycles. The van der Waals surface area contributed by atoms with Gasteiger partial charge in [-0.1, -0.05) is 12.1 Å². The van der Waals surface area contributed by atoms with Gasteiger partial charge in [0.2, 0.25) is 0 Å². The standard InChI is InChI=1S/C15H12F2O3/c1-9-2-5-12(7-13(9)16)20-8-11-4-3-10(15(18)19)6-14(11)17/h2-7H,8H2,1H3,(H,18,19). The maximum Gasteiger partial charge on any atom is 0.335 e. The molecule has 0 atom stereocenters. The van der Waals surface area contributed by atoms with E-state index in [1.54, 1.807) is 19.1 Å². The molecule has 0 fully saturated rings. The Kier molecular flexibility index (Phi) is 3.98. The van der Waals surface area contributed by atoms with Crippen LogP contribution in [0.1, 0.15) is 21.5 Å². The first-order valence-electron chi connectivity index (χ1n) is 5.88. The van der Waals surface area contributed by atoms with E-state index in [1.807, 2.05) is 0 Å². The van der Waals surface area contributed by atoms with Crippen LogP contribution < -0.4 is 4.74 Å². The van der Waals surface area contributed by atoms with Crippen molar-refractivity contribution in [3.63, 3.8) is 0 Å². The van der Waals surface area contributed by atoms with Crippen LogP contribution in [0.2, 0.25) is 0 Å². The van der Waals surface area contributed by atoms with Crippen molar-refractivity contribution < 1.29 is 23.4 Å². The van der Waals surface area contributed by atoms with Crippen LogP contribution in [0.15, 0.2) is 36.4 Å². The van der Waals surface area contributed by atoms with Crippen molar-refractivity contribution in [3.05, 3.63) is 64.7 Å². The normalized spacial score (nSPS) is 10.3. The number of carboxylic acid groups (broad SMARTS) is 1. The molecule has 5 heteroatoms. The zero-order valence-electron chi connectivity index (χ0n) is 10.7. The van der Waals surface area contributed by atoms with Gasteiger partial charge < -0.3 is 9.84 Å². The molecule has 0 unspecified atom stereocenters. The summed E-state index contributed by atoms with van der Waals surface area (Å²) in [7, 11) is 0. The van der Waals surface area contributed by atoms with E-state index in [2.05, 4.69) is 0 Å². The Hall–Kier alpha value is -2.43. The quantitative estimate of drug-likeness (QED) is 0.930. The fraction of sp³-hybridized carbons (Fsp3) is 0.133. The van der Waals surface area contributed by atoms with Crippen molar-refractivity contribution in [1.29, 1.82) is 0 Å². The van der Waals surface area contributed by atoms with Gasteiger partial charge in [0, 0.05) is 11.6 Å². The predicted molar refractivity (Wildman–Crippen MR) is 68.8 cm³/mol. The molecular formula is C15H12F2O3. The molecule has 0 spiro atoms. The van der Waals surface area contributed by atoms with Gasteiger partial charge in [0.1, 0.15) is 24.0 Å². The van der Waals surface area contributed by atoms with Crippen molar-refractivity contribution in [2.24, 2.45) is 0 Å². The summed E-state index contributed by atoms with van der Waals surface area (Å²) in [6.07, 6.45) is 0.